The first kappa shape index (κ1) is 6.98. The van der Waals surface area contributed by atoms with Gasteiger partial charge in [-0.2, -0.15) is 0 Å². The second-order valence-electron chi connectivity index (χ2n) is 2.36. The molecule has 1 radical (unpaired) electrons. The highest BCUT2D eigenvalue weighted by Crippen LogP contribution is 2.10. The molecule has 57 valence electrons. The standard InChI is InChI=1S/C10H7N2/c1-3-7-11-9(5-1)10-6-2-4-8-12-10/h1,3-8H. The van der Waals surface area contributed by atoms with Gasteiger partial charge in [-0.15, -0.1) is 0 Å². The number of rotatable bonds is 1. The molecule has 0 spiro atoms. The van der Waals surface area contributed by atoms with Gasteiger partial charge in [-0.05, 0) is 30.3 Å². The summed E-state index contributed by atoms with van der Waals surface area (Å²) in [6, 6.07) is 12.3. The summed E-state index contributed by atoms with van der Waals surface area (Å²) >= 11 is 0. The van der Waals surface area contributed by atoms with Crippen LogP contribution in [0.15, 0.2) is 42.7 Å². The maximum atomic E-state index is 4.17. The van der Waals surface area contributed by atoms with E-state index in [1.807, 2.05) is 24.3 Å². The van der Waals surface area contributed by atoms with Gasteiger partial charge >= 0.3 is 0 Å². The highest BCUT2D eigenvalue weighted by molar-refractivity contribution is 5.52. The number of aromatic nitrogens is 2. The van der Waals surface area contributed by atoms with E-state index >= 15 is 0 Å². The lowest BCUT2D eigenvalue weighted by Crippen LogP contribution is -1.84. The lowest BCUT2D eigenvalue weighted by atomic mass is 10.2. The zero-order chi connectivity index (χ0) is 8.23. The molecule has 0 amide bonds. The van der Waals surface area contributed by atoms with Crippen LogP contribution in [0.1, 0.15) is 0 Å². The summed E-state index contributed by atoms with van der Waals surface area (Å²) in [5.74, 6) is 0. The van der Waals surface area contributed by atoms with E-state index in [0.29, 0.717) is 0 Å². The van der Waals surface area contributed by atoms with E-state index in [9.17, 15) is 0 Å². The first-order valence-corrected chi connectivity index (χ1v) is 3.70. The summed E-state index contributed by atoms with van der Waals surface area (Å²) in [7, 11) is 0. The van der Waals surface area contributed by atoms with Crippen LogP contribution >= 0.6 is 0 Å². The Kier molecular flexibility index (Phi) is 1.82. The average molecular weight is 155 g/mol. The SMILES string of the molecule is [c]1ccnc(-c2ccccn2)c1. The van der Waals surface area contributed by atoms with E-state index in [1.54, 1.807) is 18.5 Å². The highest BCUT2D eigenvalue weighted by Gasteiger charge is 1.95. The summed E-state index contributed by atoms with van der Waals surface area (Å²) in [5, 5.41) is 0. The molecule has 0 saturated heterocycles. The molecule has 12 heavy (non-hydrogen) atoms. The number of pyridine rings is 2. The highest BCUT2D eigenvalue weighted by atomic mass is 14.7. The van der Waals surface area contributed by atoms with Gasteiger partial charge in [-0.3, -0.25) is 9.97 Å². The molecule has 2 aromatic rings. The summed E-state index contributed by atoms with van der Waals surface area (Å²) in [6.07, 6.45) is 3.47. The molecule has 0 bridgehead atoms. The minimum Gasteiger partial charge on any atom is -0.255 e. The lowest BCUT2D eigenvalue weighted by molar-refractivity contribution is 1.25. The molecule has 2 aromatic heterocycles. The third kappa shape index (κ3) is 1.32. The van der Waals surface area contributed by atoms with E-state index in [0.717, 1.165) is 11.4 Å². The van der Waals surface area contributed by atoms with Gasteiger partial charge in [0.2, 0.25) is 0 Å². The van der Waals surface area contributed by atoms with Gasteiger partial charge in [0.15, 0.2) is 0 Å². The smallest absolute Gasteiger partial charge is 0.0892 e. The van der Waals surface area contributed by atoms with Gasteiger partial charge in [-0.1, -0.05) is 6.07 Å². The molecule has 0 unspecified atom stereocenters. The van der Waals surface area contributed by atoms with E-state index < -0.39 is 0 Å². The van der Waals surface area contributed by atoms with Crippen LogP contribution < -0.4 is 0 Å². The molecule has 0 aromatic carbocycles. The van der Waals surface area contributed by atoms with Gasteiger partial charge < -0.3 is 0 Å². The Balaban J connectivity index is 2.46. The Morgan fingerprint density at radius 1 is 1.00 bits per heavy atom. The maximum Gasteiger partial charge on any atom is 0.0892 e. The quantitative estimate of drug-likeness (QED) is 0.629. The average Bonchev–Trinajstić information content (AvgIpc) is 2.21. The molecular formula is C10H7N2. The van der Waals surface area contributed by atoms with Crippen LogP contribution in [-0.4, -0.2) is 9.97 Å². The summed E-state index contributed by atoms with van der Waals surface area (Å²) < 4.78 is 0. The third-order valence-corrected chi connectivity index (χ3v) is 1.53. The monoisotopic (exact) mass is 155 g/mol. The second kappa shape index (κ2) is 3.13. The fourth-order valence-corrected chi connectivity index (χ4v) is 0.979. The normalized spacial score (nSPS) is 9.67. The van der Waals surface area contributed by atoms with Crippen LogP contribution in [-0.2, 0) is 0 Å². The molecule has 0 aliphatic heterocycles. The molecule has 0 aliphatic rings. The van der Waals surface area contributed by atoms with Gasteiger partial charge in [0.05, 0.1) is 11.4 Å². The molecule has 0 atom stereocenters. The Hall–Kier alpha value is -1.70. The van der Waals surface area contributed by atoms with E-state index in [1.165, 1.54) is 0 Å². The van der Waals surface area contributed by atoms with E-state index in [-0.39, 0.29) is 0 Å². The van der Waals surface area contributed by atoms with Crippen LogP contribution in [0.5, 0.6) is 0 Å². The van der Waals surface area contributed by atoms with Crippen molar-refractivity contribution >= 4 is 0 Å². The molecule has 2 rings (SSSR count). The van der Waals surface area contributed by atoms with Crippen molar-refractivity contribution in [3.8, 4) is 11.4 Å². The van der Waals surface area contributed by atoms with Gasteiger partial charge in [0.25, 0.3) is 0 Å². The van der Waals surface area contributed by atoms with Crippen LogP contribution in [0.3, 0.4) is 0 Å². The zero-order valence-corrected chi connectivity index (χ0v) is 6.44. The van der Waals surface area contributed by atoms with Crippen molar-refractivity contribution in [1.29, 1.82) is 0 Å². The summed E-state index contributed by atoms with van der Waals surface area (Å²) in [5.41, 5.74) is 1.74. The van der Waals surface area contributed by atoms with Crippen molar-refractivity contribution in [3.63, 3.8) is 0 Å². The van der Waals surface area contributed by atoms with E-state index in [4.69, 9.17) is 0 Å². The lowest BCUT2D eigenvalue weighted by Gasteiger charge is -1.96. The Morgan fingerprint density at radius 3 is 2.58 bits per heavy atom. The van der Waals surface area contributed by atoms with Crippen LogP contribution in [0.2, 0.25) is 0 Å². The molecule has 0 N–H and O–H groups in total. The van der Waals surface area contributed by atoms with Crippen molar-refractivity contribution in [2.45, 2.75) is 0 Å². The van der Waals surface area contributed by atoms with Crippen molar-refractivity contribution in [2.75, 3.05) is 0 Å². The summed E-state index contributed by atoms with van der Waals surface area (Å²) in [4.78, 5) is 8.32. The third-order valence-electron chi connectivity index (χ3n) is 1.53. The number of hydrogen-bond acceptors (Lipinski definition) is 2. The molecule has 0 saturated carbocycles. The first-order chi connectivity index (χ1) is 5.97. The molecule has 2 heterocycles. The zero-order valence-electron chi connectivity index (χ0n) is 6.44. The first-order valence-electron chi connectivity index (χ1n) is 3.70. The van der Waals surface area contributed by atoms with Crippen molar-refractivity contribution in [1.82, 2.24) is 9.97 Å². The van der Waals surface area contributed by atoms with Crippen molar-refractivity contribution < 1.29 is 0 Å². The fraction of sp³-hybridized carbons (Fsp3) is 0. The fourth-order valence-electron chi connectivity index (χ4n) is 0.979. The molecule has 0 fully saturated rings. The van der Waals surface area contributed by atoms with Gasteiger partial charge in [0.1, 0.15) is 0 Å². The predicted molar refractivity (Wildman–Crippen MR) is 46.3 cm³/mol. The Bertz CT molecular complexity index is 305. The maximum absolute atomic E-state index is 4.17. The number of nitrogens with zero attached hydrogens (tertiary/aromatic N) is 2. The Labute approximate surface area is 70.9 Å². The van der Waals surface area contributed by atoms with Gasteiger partial charge in [0, 0.05) is 12.4 Å². The second-order valence-corrected chi connectivity index (χ2v) is 2.36. The molecule has 0 aliphatic carbocycles. The van der Waals surface area contributed by atoms with Crippen LogP contribution in [0.25, 0.3) is 11.4 Å². The van der Waals surface area contributed by atoms with Gasteiger partial charge in [-0.25, -0.2) is 0 Å². The number of hydrogen-bond donors (Lipinski definition) is 0. The summed E-state index contributed by atoms with van der Waals surface area (Å²) in [6.45, 7) is 0. The largest absolute Gasteiger partial charge is 0.255 e. The minimum absolute atomic E-state index is 0.859. The minimum atomic E-state index is 0.859. The molecular weight excluding hydrogens is 148 g/mol. The molecule has 2 nitrogen and oxygen atoms in total. The van der Waals surface area contributed by atoms with Crippen molar-refractivity contribution in [2.24, 2.45) is 0 Å². The van der Waals surface area contributed by atoms with Crippen LogP contribution in [0, 0.1) is 6.07 Å². The predicted octanol–water partition coefficient (Wildman–Crippen LogP) is 1.94. The topological polar surface area (TPSA) is 25.8 Å². The Morgan fingerprint density at radius 2 is 1.92 bits per heavy atom. The van der Waals surface area contributed by atoms with Crippen LogP contribution in [0.4, 0.5) is 0 Å². The van der Waals surface area contributed by atoms with Crippen molar-refractivity contribution in [3.05, 3.63) is 48.8 Å². The molecule has 2 heteroatoms. The van der Waals surface area contributed by atoms with E-state index in [2.05, 4.69) is 16.0 Å².